The first-order valence-corrected chi connectivity index (χ1v) is 10.1. The summed E-state index contributed by atoms with van der Waals surface area (Å²) in [6, 6.07) is 16.6. The van der Waals surface area contributed by atoms with Crippen molar-refractivity contribution in [3.05, 3.63) is 65.2 Å². The van der Waals surface area contributed by atoms with Gasteiger partial charge in [0.1, 0.15) is 0 Å². The van der Waals surface area contributed by atoms with Crippen LogP contribution in [0.4, 0.5) is 4.79 Å². The van der Waals surface area contributed by atoms with E-state index in [1.165, 1.54) is 11.1 Å². The van der Waals surface area contributed by atoms with Gasteiger partial charge in [-0.3, -0.25) is 0 Å². The molecule has 29 heavy (non-hydrogen) atoms. The van der Waals surface area contributed by atoms with Crippen LogP contribution in [0.25, 0.3) is 0 Å². The Kier molecular flexibility index (Phi) is 4.75. The standard InChI is InChI=1S/C23H28BNO4/c1-21(2)22(3,4)29-24(28-21)19-11-7-10-18(12-19)23(15-25-20(26)27)13-16-8-5-6-9-17(16)14-23/h5-12,25H,13-15H2,1-4H3,(H,26,27). The second-order valence-corrected chi connectivity index (χ2v) is 9.28. The van der Waals surface area contributed by atoms with Crippen molar-refractivity contribution >= 4 is 18.7 Å². The molecule has 1 saturated heterocycles. The van der Waals surface area contributed by atoms with Crippen molar-refractivity contribution in [2.45, 2.75) is 57.2 Å². The number of fused-ring (bicyclic) bond motifs is 1. The highest BCUT2D eigenvalue weighted by Gasteiger charge is 2.52. The predicted octanol–water partition coefficient (Wildman–Crippen LogP) is 3.29. The Balaban J connectivity index is 1.68. The van der Waals surface area contributed by atoms with Crippen LogP contribution in [0, 0.1) is 0 Å². The van der Waals surface area contributed by atoms with Crippen molar-refractivity contribution in [1.82, 2.24) is 5.32 Å². The van der Waals surface area contributed by atoms with Crippen LogP contribution in [0.2, 0.25) is 0 Å². The highest BCUT2D eigenvalue weighted by atomic mass is 16.7. The highest BCUT2D eigenvalue weighted by Crippen LogP contribution is 2.40. The van der Waals surface area contributed by atoms with Crippen molar-refractivity contribution in [3.63, 3.8) is 0 Å². The average molecular weight is 393 g/mol. The Morgan fingerprint density at radius 2 is 1.59 bits per heavy atom. The summed E-state index contributed by atoms with van der Waals surface area (Å²) >= 11 is 0. The van der Waals surface area contributed by atoms with E-state index in [1.807, 2.05) is 52.0 Å². The molecule has 6 heteroatoms. The Labute approximate surface area is 172 Å². The summed E-state index contributed by atoms with van der Waals surface area (Å²) in [5.41, 5.74) is 3.50. The molecule has 0 unspecified atom stereocenters. The molecule has 0 radical (unpaired) electrons. The molecule has 1 aliphatic heterocycles. The van der Waals surface area contributed by atoms with Crippen LogP contribution in [0.15, 0.2) is 48.5 Å². The molecule has 0 saturated carbocycles. The first kappa shape index (κ1) is 20.0. The first-order chi connectivity index (χ1) is 13.6. The lowest BCUT2D eigenvalue weighted by atomic mass is 9.72. The summed E-state index contributed by atoms with van der Waals surface area (Å²) in [5.74, 6) is 0. The summed E-state index contributed by atoms with van der Waals surface area (Å²) in [4.78, 5) is 11.3. The summed E-state index contributed by atoms with van der Waals surface area (Å²) in [5, 5.41) is 11.9. The lowest BCUT2D eigenvalue weighted by Crippen LogP contribution is -2.42. The molecule has 0 atom stereocenters. The number of rotatable bonds is 4. The SMILES string of the molecule is CC1(C)OB(c2cccc(C3(CNC(=O)O)Cc4ccccc4C3)c2)OC1(C)C. The van der Waals surface area contributed by atoms with E-state index >= 15 is 0 Å². The average Bonchev–Trinajstić information content (AvgIpc) is 3.15. The monoisotopic (exact) mass is 393 g/mol. The molecular formula is C23H28BNO4. The van der Waals surface area contributed by atoms with Gasteiger partial charge < -0.3 is 19.7 Å². The minimum Gasteiger partial charge on any atom is -0.465 e. The fourth-order valence-corrected chi connectivity index (χ4v) is 4.36. The molecule has 0 spiro atoms. The molecule has 0 bridgehead atoms. The summed E-state index contributed by atoms with van der Waals surface area (Å²) in [7, 11) is -0.437. The van der Waals surface area contributed by atoms with Crippen LogP contribution >= 0.6 is 0 Å². The minimum atomic E-state index is -0.998. The quantitative estimate of drug-likeness (QED) is 0.783. The summed E-state index contributed by atoms with van der Waals surface area (Å²) in [6.45, 7) is 8.54. The molecule has 2 aliphatic rings. The lowest BCUT2D eigenvalue weighted by Gasteiger charge is -2.32. The van der Waals surface area contributed by atoms with E-state index in [-0.39, 0.29) is 5.41 Å². The molecule has 2 N–H and O–H groups in total. The highest BCUT2D eigenvalue weighted by molar-refractivity contribution is 6.62. The molecule has 1 amide bonds. The fraction of sp³-hybridized carbons (Fsp3) is 0.435. The van der Waals surface area contributed by atoms with E-state index in [4.69, 9.17) is 9.31 Å². The number of nitrogens with one attached hydrogen (secondary N) is 1. The van der Waals surface area contributed by atoms with Gasteiger partial charge in [0.15, 0.2) is 0 Å². The van der Waals surface area contributed by atoms with Crippen molar-refractivity contribution < 1.29 is 19.2 Å². The van der Waals surface area contributed by atoms with Gasteiger partial charge in [-0.2, -0.15) is 0 Å². The summed E-state index contributed by atoms with van der Waals surface area (Å²) < 4.78 is 12.5. The minimum absolute atomic E-state index is 0.318. The molecule has 1 heterocycles. The Morgan fingerprint density at radius 3 is 2.14 bits per heavy atom. The Morgan fingerprint density at radius 1 is 1.00 bits per heavy atom. The number of carbonyl (C=O) groups is 1. The van der Waals surface area contributed by atoms with Gasteiger partial charge in [-0.25, -0.2) is 4.79 Å². The van der Waals surface area contributed by atoms with Crippen molar-refractivity contribution in [2.24, 2.45) is 0 Å². The zero-order valence-corrected chi connectivity index (χ0v) is 17.5. The van der Waals surface area contributed by atoms with Crippen molar-refractivity contribution in [3.8, 4) is 0 Å². The van der Waals surface area contributed by atoms with E-state index in [9.17, 15) is 9.90 Å². The number of hydrogen-bond donors (Lipinski definition) is 2. The maximum Gasteiger partial charge on any atom is 0.494 e. The molecule has 5 nitrogen and oxygen atoms in total. The largest absolute Gasteiger partial charge is 0.494 e. The second kappa shape index (κ2) is 6.89. The van der Waals surface area contributed by atoms with Crippen LogP contribution in [-0.2, 0) is 27.6 Å². The zero-order valence-electron chi connectivity index (χ0n) is 17.5. The lowest BCUT2D eigenvalue weighted by molar-refractivity contribution is 0.00578. The summed E-state index contributed by atoms with van der Waals surface area (Å²) in [6.07, 6.45) is 0.606. The number of carboxylic acid groups (broad SMARTS) is 1. The Bertz CT molecular complexity index is 899. The molecule has 4 rings (SSSR count). The second-order valence-electron chi connectivity index (χ2n) is 9.28. The van der Waals surface area contributed by atoms with Gasteiger partial charge in [-0.15, -0.1) is 0 Å². The van der Waals surface area contributed by atoms with Gasteiger partial charge in [0.25, 0.3) is 0 Å². The van der Waals surface area contributed by atoms with Crippen LogP contribution < -0.4 is 10.8 Å². The predicted molar refractivity (Wildman–Crippen MR) is 114 cm³/mol. The van der Waals surface area contributed by atoms with Gasteiger partial charge in [0.2, 0.25) is 0 Å². The molecule has 1 aliphatic carbocycles. The van der Waals surface area contributed by atoms with Crippen LogP contribution in [-0.4, -0.2) is 36.1 Å². The van der Waals surface area contributed by atoms with E-state index in [0.717, 1.165) is 23.9 Å². The van der Waals surface area contributed by atoms with E-state index in [2.05, 4.69) is 29.6 Å². The molecule has 1 fully saturated rings. The van der Waals surface area contributed by atoms with Crippen LogP contribution in [0.1, 0.15) is 44.4 Å². The molecule has 0 aromatic heterocycles. The number of amides is 1. The van der Waals surface area contributed by atoms with Crippen LogP contribution in [0.3, 0.4) is 0 Å². The maximum absolute atomic E-state index is 11.3. The van der Waals surface area contributed by atoms with E-state index in [1.54, 1.807) is 0 Å². The van der Waals surface area contributed by atoms with Gasteiger partial charge in [0, 0.05) is 12.0 Å². The maximum atomic E-state index is 11.3. The van der Waals surface area contributed by atoms with Crippen molar-refractivity contribution in [1.29, 1.82) is 0 Å². The smallest absolute Gasteiger partial charge is 0.465 e. The third-order valence-electron chi connectivity index (χ3n) is 6.78. The molecular weight excluding hydrogens is 365 g/mol. The van der Waals surface area contributed by atoms with Crippen LogP contribution in [0.5, 0.6) is 0 Å². The Hall–Kier alpha value is -2.31. The van der Waals surface area contributed by atoms with Gasteiger partial charge in [-0.1, -0.05) is 48.5 Å². The molecule has 2 aromatic rings. The molecule has 152 valence electrons. The first-order valence-electron chi connectivity index (χ1n) is 10.1. The third kappa shape index (κ3) is 3.56. The van der Waals surface area contributed by atoms with E-state index in [0.29, 0.717) is 6.54 Å². The normalized spacial score (nSPS) is 21.0. The van der Waals surface area contributed by atoms with Gasteiger partial charge >= 0.3 is 13.2 Å². The number of hydrogen-bond acceptors (Lipinski definition) is 3. The molecule has 2 aromatic carbocycles. The zero-order chi connectivity index (χ0) is 20.9. The third-order valence-corrected chi connectivity index (χ3v) is 6.78. The van der Waals surface area contributed by atoms with Gasteiger partial charge in [0.05, 0.1) is 11.2 Å². The fourth-order valence-electron chi connectivity index (χ4n) is 4.36. The number of benzene rings is 2. The topological polar surface area (TPSA) is 67.8 Å². The van der Waals surface area contributed by atoms with E-state index < -0.39 is 24.4 Å². The van der Waals surface area contributed by atoms with Gasteiger partial charge in [-0.05, 0) is 62.7 Å². The van der Waals surface area contributed by atoms with Crippen molar-refractivity contribution in [2.75, 3.05) is 6.54 Å².